The van der Waals surface area contributed by atoms with Crippen molar-refractivity contribution in [3.63, 3.8) is 0 Å². The summed E-state index contributed by atoms with van der Waals surface area (Å²) in [7, 11) is 0. The molecule has 2 N–H and O–H groups in total. The average molecular weight is 331 g/mol. The van der Waals surface area contributed by atoms with E-state index in [1.165, 1.54) is 18.4 Å². The highest BCUT2D eigenvalue weighted by Gasteiger charge is 2.21. The predicted octanol–water partition coefficient (Wildman–Crippen LogP) is 1.64. The maximum absolute atomic E-state index is 12.3. The van der Waals surface area contributed by atoms with Gasteiger partial charge >= 0.3 is 0 Å². The number of carbonyl (C=O) groups excluding carboxylic acids is 1. The fraction of sp³-hybridized carbons (Fsp3) is 0.632. The number of carbonyl (C=O) groups is 1. The molecule has 5 nitrogen and oxygen atoms in total. The first kappa shape index (κ1) is 17.4. The summed E-state index contributed by atoms with van der Waals surface area (Å²) in [6, 6.07) is 8.38. The Morgan fingerprint density at radius 3 is 2.75 bits per heavy atom. The second-order valence-corrected chi connectivity index (χ2v) is 6.98. The molecule has 1 aromatic carbocycles. The van der Waals surface area contributed by atoms with E-state index in [0.717, 1.165) is 45.0 Å². The number of amides is 1. The van der Waals surface area contributed by atoms with E-state index in [2.05, 4.69) is 34.6 Å². The first-order valence-corrected chi connectivity index (χ1v) is 9.13. The lowest BCUT2D eigenvalue weighted by atomic mass is 9.93. The summed E-state index contributed by atoms with van der Waals surface area (Å²) >= 11 is 0. The minimum atomic E-state index is 0.0208. The van der Waals surface area contributed by atoms with Crippen molar-refractivity contribution in [2.45, 2.75) is 32.4 Å². The minimum Gasteiger partial charge on any atom is -0.379 e. The predicted molar refractivity (Wildman–Crippen MR) is 95.1 cm³/mol. The molecule has 2 atom stereocenters. The SMILES string of the molecule is C[C@H]1CCCN[C@@H]1CNC(=O)c1ccc(CN2CCOCC2)cc1. The molecule has 0 unspecified atom stereocenters. The lowest BCUT2D eigenvalue weighted by Gasteiger charge is -2.30. The van der Waals surface area contributed by atoms with Crippen LogP contribution in [0.2, 0.25) is 0 Å². The van der Waals surface area contributed by atoms with Gasteiger partial charge in [0.2, 0.25) is 0 Å². The van der Waals surface area contributed by atoms with Crippen LogP contribution in [0, 0.1) is 5.92 Å². The second-order valence-electron chi connectivity index (χ2n) is 6.98. The largest absolute Gasteiger partial charge is 0.379 e. The van der Waals surface area contributed by atoms with Gasteiger partial charge in [0.1, 0.15) is 0 Å². The van der Waals surface area contributed by atoms with Crippen molar-refractivity contribution in [3.8, 4) is 0 Å². The van der Waals surface area contributed by atoms with Crippen molar-refractivity contribution in [1.82, 2.24) is 15.5 Å². The number of hydrogen-bond donors (Lipinski definition) is 2. The second kappa shape index (κ2) is 8.60. The van der Waals surface area contributed by atoms with Crippen LogP contribution in [0.25, 0.3) is 0 Å². The molecule has 0 saturated carbocycles. The third-order valence-corrected chi connectivity index (χ3v) is 5.14. The Kier molecular flexibility index (Phi) is 6.24. The zero-order valence-corrected chi connectivity index (χ0v) is 14.6. The summed E-state index contributed by atoms with van der Waals surface area (Å²) in [5, 5.41) is 6.57. The van der Waals surface area contributed by atoms with Crippen LogP contribution in [-0.2, 0) is 11.3 Å². The van der Waals surface area contributed by atoms with E-state index >= 15 is 0 Å². The summed E-state index contributed by atoms with van der Waals surface area (Å²) in [4.78, 5) is 14.7. The molecule has 0 bridgehead atoms. The highest BCUT2D eigenvalue weighted by molar-refractivity contribution is 5.94. The van der Waals surface area contributed by atoms with Crippen molar-refractivity contribution < 1.29 is 9.53 Å². The molecule has 132 valence electrons. The number of nitrogens with one attached hydrogen (secondary N) is 2. The normalized spacial score (nSPS) is 25.4. The van der Waals surface area contributed by atoms with Gasteiger partial charge < -0.3 is 15.4 Å². The maximum Gasteiger partial charge on any atom is 0.251 e. The molecule has 0 aromatic heterocycles. The Morgan fingerprint density at radius 2 is 2.04 bits per heavy atom. The number of morpholine rings is 1. The topological polar surface area (TPSA) is 53.6 Å². The Labute approximate surface area is 144 Å². The average Bonchev–Trinajstić information content (AvgIpc) is 2.62. The lowest BCUT2D eigenvalue weighted by molar-refractivity contribution is 0.0342. The molecule has 2 aliphatic rings. The van der Waals surface area contributed by atoms with Crippen LogP contribution in [0.5, 0.6) is 0 Å². The van der Waals surface area contributed by atoms with Crippen LogP contribution in [0.4, 0.5) is 0 Å². The van der Waals surface area contributed by atoms with E-state index in [1.54, 1.807) is 0 Å². The Bertz CT molecular complexity index is 526. The molecule has 2 saturated heterocycles. The number of hydrogen-bond acceptors (Lipinski definition) is 4. The number of ether oxygens (including phenoxy) is 1. The fourth-order valence-electron chi connectivity index (χ4n) is 3.47. The molecular weight excluding hydrogens is 302 g/mol. The number of nitrogens with zero attached hydrogens (tertiary/aromatic N) is 1. The quantitative estimate of drug-likeness (QED) is 0.861. The molecule has 2 aliphatic heterocycles. The van der Waals surface area contributed by atoms with E-state index in [9.17, 15) is 4.79 Å². The van der Waals surface area contributed by atoms with E-state index in [1.807, 2.05) is 12.1 Å². The van der Waals surface area contributed by atoms with Crippen LogP contribution in [0.15, 0.2) is 24.3 Å². The molecule has 0 spiro atoms. The summed E-state index contributed by atoms with van der Waals surface area (Å²) in [6.45, 7) is 8.53. The number of piperidine rings is 1. The number of rotatable bonds is 5. The molecule has 2 fully saturated rings. The summed E-state index contributed by atoms with van der Waals surface area (Å²) in [5.41, 5.74) is 1.99. The van der Waals surface area contributed by atoms with Crippen molar-refractivity contribution in [2.24, 2.45) is 5.92 Å². The van der Waals surface area contributed by atoms with Gasteiger partial charge in [-0.05, 0) is 43.0 Å². The first-order valence-electron chi connectivity index (χ1n) is 9.13. The summed E-state index contributed by atoms with van der Waals surface area (Å²) in [5.74, 6) is 0.641. The van der Waals surface area contributed by atoms with E-state index in [0.29, 0.717) is 18.5 Å². The molecular formula is C19H29N3O2. The smallest absolute Gasteiger partial charge is 0.251 e. The third kappa shape index (κ3) is 4.79. The van der Waals surface area contributed by atoms with Gasteiger partial charge in [-0.1, -0.05) is 19.1 Å². The van der Waals surface area contributed by atoms with Gasteiger partial charge in [-0.3, -0.25) is 9.69 Å². The Balaban J connectivity index is 1.48. The molecule has 24 heavy (non-hydrogen) atoms. The summed E-state index contributed by atoms with van der Waals surface area (Å²) < 4.78 is 5.37. The van der Waals surface area contributed by atoms with Crippen LogP contribution < -0.4 is 10.6 Å². The summed E-state index contributed by atoms with van der Waals surface area (Å²) in [6.07, 6.45) is 2.47. The van der Waals surface area contributed by atoms with Crippen LogP contribution in [-0.4, -0.2) is 56.2 Å². The Hall–Kier alpha value is -1.43. The molecule has 3 rings (SSSR count). The molecule has 0 aliphatic carbocycles. The van der Waals surface area contributed by atoms with Gasteiger partial charge in [0.25, 0.3) is 5.91 Å². The van der Waals surface area contributed by atoms with Crippen molar-refractivity contribution in [2.75, 3.05) is 39.4 Å². The highest BCUT2D eigenvalue weighted by atomic mass is 16.5. The van der Waals surface area contributed by atoms with Crippen molar-refractivity contribution >= 4 is 5.91 Å². The van der Waals surface area contributed by atoms with Gasteiger partial charge in [0, 0.05) is 37.8 Å². The van der Waals surface area contributed by atoms with Gasteiger partial charge in [-0.2, -0.15) is 0 Å². The molecule has 2 heterocycles. The van der Waals surface area contributed by atoms with Crippen LogP contribution in [0.1, 0.15) is 35.7 Å². The van der Waals surface area contributed by atoms with Crippen molar-refractivity contribution in [3.05, 3.63) is 35.4 Å². The molecule has 5 heteroatoms. The van der Waals surface area contributed by atoms with Crippen LogP contribution in [0.3, 0.4) is 0 Å². The van der Waals surface area contributed by atoms with Crippen molar-refractivity contribution in [1.29, 1.82) is 0 Å². The van der Waals surface area contributed by atoms with Crippen LogP contribution >= 0.6 is 0 Å². The maximum atomic E-state index is 12.3. The van der Waals surface area contributed by atoms with Gasteiger partial charge in [0.15, 0.2) is 0 Å². The Morgan fingerprint density at radius 1 is 1.29 bits per heavy atom. The van der Waals surface area contributed by atoms with Gasteiger partial charge in [-0.15, -0.1) is 0 Å². The number of benzene rings is 1. The van der Waals surface area contributed by atoms with E-state index < -0.39 is 0 Å². The zero-order chi connectivity index (χ0) is 16.8. The molecule has 0 radical (unpaired) electrons. The standard InChI is InChI=1S/C19H29N3O2/c1-15-3-2-8-20-18(15)13-21-19(23)17-6-4-16(5-7-17)14-22-9-11-24-12-10-22/h4-7,15,18,20H,2-3,8-14H2,1H3,(H,21,23)/t15-,18+/m0/s1. The minimum absolute atomic E-state index is 0.0208. The zero-order valence-electron chi connectivity index (χ0n) is 14.6. The van der Waals surface area contributed by atoms with E-state index in [-0.39, 0.29) is 5.91 Å². The van der Waals surface area contributed by atoms with Gasteiger partial charge in [0.05, 0.1) is 13.2 Å². The van der Waals surface area contributed by atoms with E-state index in [4.69, 9.17) is 4.74 Å². The molecule has 1 amide bonds. The first-order chi connectivity index (χ1) is 11.7. The van der Waals surface area contributed by atoms with Gasteiger partial charge in [-0.25, -0.2) is 0 Å². The third-order valence-electron chi connectivity index (χ3n) is 5.14. The monoisotopic (exact) mass is 331 g/mol. The lowest BCUT2D eigenvalue weighted by Crippen LogP contribution is -2.47. The fourth-order valence-corrected chi connectivity index (χ4v) is 3.47. The molecule has 1 aromatic rings. The highest BCUT2D eigenvalue weighted by Crippen LogP contribution is 2.15.